The molecule has 1 aromatic rings. The van der Waals surface area contributed by atoms with Crippen LogP contribution in [0.1, 0.15) is 37.0 Å². The molecule has 6 heteroatoms. The van der Waals surface area contributed by atoms with Crippen molar-refractivity contribution in [2.24, 2.45) is 5.92 Å². The van der Waals surface area contributed by atoms with Gasteiger partial charge in [-0.05, 0) is 38.8 Å². The van der Waals surface area contributed by atoms with Crippen LogP contribution in [0, 0.1) is 17.6 Å². The van der Waals surface area contributed by atoms with E-state index in [1.165, 1.54) is 11.0 Å². The Labute approximate surface area is 135 Å². The van der Waals surface area contributed by atoms with E-state index >= 15 is 0 Å². The summed E-state index contributed by atoms with van der Waals surface area (Å²) in [6.45, 7) is 6.06. The van der Waals surface area contributed by atoms with Gasteiger partial charge in [0.05, 0.1) is 5.56 Å². The highest BCUT2D eigenvalue weighted by molar-refractivity contribution is 5.94. The molecular weight excluding hydrogens is 302 g/mol. The van der Waals surface area contributed by atoms with Gasteiger partial charge >= 0.3 is 0 Å². The van der Waals surface area contributed by atoms with E-state index in [1.807, 2.05) is 13.8 Å². The standard InChI is InChI=1S/C17H22F2N2O2/c1-3-20(4-2)16(22)12-7-9-21(10-8-12)17(23)14-6-5-13(18)11-15(14)19/h5-6,11-12H,3-4,7-10H2,1-2H3. The van der Waals surface area contributed by atoms with Crippen LogP contribution in [0.5, 0.6) is 0 Å². The lowest BCUT2D eigenvalue weighted by Gasteiger charge is -2.33. The average Bonchev–Trinajstić information content (AvgIpc) is 2.55. The van der Waals surface area contributed by atoms with E-state index in [-0.39, 0.29) is 17.4 Å². The molecule has 1 heterocycles. The number of rotatable bonds is 4. The molecule has 0 bridgehead atoms. The van der Waals surface area contributed by atoms with Crippen LogP contribution < -0.4 is 0 Å². The second kappa shape index (κ2) is 7.53. The molecule has 0 aliphatic carbocycles. The summed E-state index contributed by atoms with van der Waals surface area (Å²) in [6.07, 6.45) is 1.15. The molecule has 0 radical (unpaired) electrons. The molecule has 1 aliphatic rings. The molecule has 23 heavy (non-hydrogen) atoms. The first-order valence-corrected chi connectivity index (χ1v) is 8.01. The van der Waals surface area contributed by atoms with E-state index in [0.29, 0.717) is 45.1 Å². The zero-order valence-corrected chi connectivity index (χ0v) is 13.5. The van der Waals surface area contributed by atoms with Crippen molar-refractivity contribution in [1.82, 2.24) is 9.80 Å². The van der Waals surface area contributed by atoms with Gasteiger partial charge in [0, 0.05) is 38.2 Å². The maximum atomic E-state index is 13.7. The first-order chi connectivity index (χ1) is 11.0. The van der Waals surface area contributed by atoms with E-state index in [0.717, 1.165) is 6.07 Å². The first-order valence-electron chi connectivity index (χ1n) is 8.01. The van der Waals surface area contributed by atoms with Crippen molar-refractivity contribution in [1.29, 1.82) is 0 Å². The molecule has 126 valence electrons. The number of hydrogen-bond donors (Lipinski definition) is 0. The quantitative estimate of drug-likeness (QED) is 0.854. The summed E-state index contributed by atoms with van der Waals surface area (Å²) in [5.41, 5.74) is -0.125. The summed E-state index contributed by atoms with van der Waals surface area (Å²) in [7, 11) is 0. The number of nitrogens with zero attached hydrogens (tertiary/aromatic N) is 2. The topological polar surface area (TPSA) is 40.6 Å². The summed E-state index contributed by atoms with van der Waals surface area (Å²) in [5, 5.41) is 0. The van der Waals surface area contributed by atoms with Gasteiger partial charge in [0.1, 0.15) is 11.6 Å². The maximum Gasteiger partial charge on any atom is 0.256 e. The Hall–Kier alpha value is -1.98. The smallest absolute Gasteiger partial charge is 0.256 e. The third-order valence-electron chi connectivity index (χ3n) is 4.37. The van der Waals surface area contributed by atoms with Crippen molar-refractivity contribution in [3.05, 3.63) is 35.4 Å². The Morgan fingerprint density at radius 2 is 1.78 bits per heavy atom. The van der Waals surface area contributed by atoms with Gasteiger partial charge in [-0.2, -0.15) is 0 Å². The van der Waals surface area contributed by atoms with Crippen LogP contribution in [0.25, 0.3) is 0 Å². The number of piperidine rings is 1. The van der Waals surface area contributed by atoms with E-state index in [1.54, 1.807) is 4.90 Å². The monoisotopic (exact) mass is 324 g/mol. The molecular formula is C17H22F2N2O2. The van der Waals surface area contributed by atoms with Crippen molar-refractivity contribution in [2.75, 3.05) is 26.2 Å². The molecule has 1 fully saturated rings. The fraction of sp³-hybridized carbons (Fsp3) is 0.529. The minimum Gasteiger partial charge on any atom is -0.343 e. The lowest BCUT2D eigenvalue weighted by atomic mass is 9.94. The van der Waals surface area contributed by atoms with Crippen LogP contribution >= 0.6 is 0 Å². The Bertz CT molecular complexity index is 580. The molecule has 1 saturated heterocycles. The van der Waals surface area contributed by atoms with Crippen molar-refractivity contribution in [3.8, 4) is 0 Å². The zero-order valence-electron chi connectivity index (χ0n) is 13.5. The number of carbonyl (C=O) groups excluding carboxylic acids is 2. The van der Waals surface area contributed by atoms with E-state index in [2.05, 4.69) is 0 Å². The SMILES string of the molecule is CCN(CC)C(=O)C1CCN(C(=O)c2ccc(F)cc2F)CC1. The summed E-state index contributed by atoms with van der Waals surface area (Å²) >= 11 is 0. The average molecular weight is 324 g/mol. The maximum absolute atomic E-state index is 13.7. The highest BCUT2D eigenvalue weighted by atomic mass is 19.1. The number of benzene rings is 1. The van der Waals surface area contributed by atoms with Crippen LogP contribution in [0.2, 0.25) is 0 Å². The molecule has 0 spiro atoms. The minimum absolute atomic E-state index is 0.0861. The van der Waals surface area contributed by atoms with E-state index in [9.17, 15) is 18.4 Å². The molecule has 1 aliphatic heterocycles. The highest BCUT2D eigenvalue weighted by Gasteiger charge is 2.30. The van der Waals surface area contributed by atoms with Gasteiger partial charge in [-0.3, -0.25) is 9.59 Å². The molecule has 4 nitrogen and oxygen atoms in total. The van der Waals surface area contributed by atoms with Crippen molar-refractivity contribution >= 4 is 11.8 Å². The summed E-state index contributed by atoms with van der Waals surface area (Å²) in [6, 6.07) is 2.96. The third kappa shape index (κ3) is 3.86. The van der Waals surface area contributed by atoms with Crippen molar-refractivity contribution < 1.29 is 18.4 Å². The van der Waals surface area contributed by atoms with Crippen LogP contribution in [0.15, 0.2) is 18.2 Å². The first kappa shape index (κ1) is 17.4. The molecule has 0 aromatic heterocycles. The molecule has 0 atom stereocenters. The molecule has 2 amide bonds. The van der Waals surface area contributed by atoms with Gasteiger partial charge in [0.2, 0.25) is 5.91 Å². The van der Waals surface area contributed by atoms with Gasteiger partial charge in [0.25, 0.3) is 5.91 Å². The number of amides is 2. The Morgan fingerprint density at radius 1 is 1.17 bits per heavy atom. The zero-order chi connectivity index (χ0) is 17.0. The summed E-state index contributed by atoms with van der Waals surface area (Å²) in [4.78, 5) is 28.0. The summed E-state index contributed by atoms with van der Waals surface area (Å²) in [5.74, 6) is -1.97. The van der Waals surface area contributed by atoms with Gasteiger partial charge in [-0.15, -0.1) is 0 Å². The third-order valence-corrected chi connectivity index (χ3v) is 4.37. The predicted octanol–water partition coefficient (Wildman–Crippen LogP) is 2.69. The van der Waals surface area contributed by atoms with Gasteiger partial charge in [-0.25, -0.2) is 8.78 Å². The van der Waals surface area contributed by atoms with Crippen LogP contribution in [0.3, 0.4) is 0 Å². The minimum atomic E-state index is -0.851. The van der Waals surface area contributed by atoms with Gasteiger partial charge in [0.15, 0.2) is 0 Å². The number of hydrogen-bond acceptors (Lipinski definition) is 2. The number of carbonyl (C=O) groups is 2. The van der Waals surface area contributed by atoms with E-state index in [4.69, 9.17) is 0 Å². The molecule has 1 aromatic carbocycles. The Kier molecular flexibility index (Phi) is 5.69. The fourth-order valence-corrected chi connectivity index (χ4v) is 2.96. The van der Waals surface area contributed by atoms with E-state index < -0.39 is 17.5 Å². The number of halogens is 2. The lowest BCUT2D eigenvalue weighted by molar-refractivity contribution is -0.136. The lowest BCUT2D eigenvalue weighted by Crippen LogP contribution is -2.44. The molecule has 0 N–H and O–H groups in total. The Morgan fingerprint density at radius 3 is 2.30 bits per heavy atom. The molecule has 0 saturated carbocycles. The highest BCUT2D eigenvalue weighted by Crippen LogP contribution is 2.22. The normalized spacial score (nSPS) is 15.6. The largest absolute Gasteiger partial charge is 0.343 e. The van der Waals surface area contributed by atoms with Gasteiger partial charge in [-0.1, -0.05) is 0 Å². The fourth-order valence-electron chi connectivity index (χ4n) is 2.96. The number of likely N-dealkylation sites (tertiary alicyclic amines) is 1. The second-order valence-electron chi connectivity index (χ2n) is 5.70. The summed E-state index contributed by atoms with van der Waals surface area (Å²) < 4.78 is 26.6. The molecule has 0 unspecified atom stereocenters. The van der Waals surface area contributed by atoms with Crippen molar-refractivity contribution in [2.45, 2.75) is 26.7 Å². The Balaban J connectivity index is 1.98. The predicted molar refractivity (Wildman–Crippen MR) is 82.9 cm³/mol. The van der Waals surface area contributed by atoms with Crippen LogP contribution in [-0.4, -0.2) is 47.8 Å². The van der Waals surface area contributed by atoms with Crippen LogP contribution in [0.4, 0.5) is 8.78 Å². The van der Waals surface area contributed by atoms with Crippen molar-refractivity contribution in [3.63, 3.8) is 0 Å². The van der Waals surface area contributed by atoms with Crippen LogP contribution in [-0.2, 0) is 4.79 Å². The van der Waals surface area contributed by atoms with Gasteiger partial charge < -0.3 is 9.80 Å². The second-order valence-corrected chi connectivity index (χ2v) is 5.70. The molecule has 2 rings (SSSR count).